The lowest BCUT2D eigenvalue weighted by Gasteiger charge is -2.08. The Kier molecular flexibility index (Phi) is 4.10. The van der Waals surface area contributed by atoms with E-state index in [1.165, 1.54) is 25.3 Å². The molecular weight excluding hydrogens is 283 g/mol. The van der Waals surface area contributed by atoms with Gasteiger partial charge in [-0.25, -0.2) is 4.39 Å². The van der Waals surface area contributed by atoms with Gasteiger partial charge in [0, 0.05) is 11.3 Å². The van der Waals surface area contributed by atoms with Crippen molar-refractivity contribution in [3.63, 3.8) is 0 Å². The molecule has 0 saturated carbocycles. The third-order valence-corrected chi connectivity index (χ3v) is 2.98. The standard InChI is InChI=1S/C14H12ClFN2O2/c1-20-13-5-2-8(6-12(13)17)14(19)18-9-3-4-10(15)11(16)7-9/h2-7H,17H2,1H3,(H,18,19). The van der Waals surface area contributed by atoms with E-state index in [-0.39, 0.29) is 5.02 Å². The molecule has 0 aromatic heterocycles. The first kappa shape index (κ1) is 14.1. The maximum absolute atomic E-state index is 13.3. The number of ether oxygens (including phenoxy) is 1. The number of hydrogen-bond donors (Lipinski definition) is 2. The Balaban J connectivity index is 2.19. The Bertz CT molecular complexity index is 662. The van der Waals surface area contributed by atoms with Crippen molar-refractivity contribution in [2.24, 2.45) is 0 Å². The highest BCUT2D eigenvalue weighted by atomic mass is 35.5. The number of methoxy groups -OCH3 is 1. The minimum absolute atomic E-state index is 0.00306. The summed E-state index contributed by atoms with van der Waals surface area (Å²) in [5, 5.41) is 2.55. The van der Waals surface area contributed by atoms with Gasteiger partial charge in [0.05, 0.1) is 17.8 Å². The highest BCUT2D eigenvalue weighted by Gasteiger charge is 2.10. The van der Waals surface area contributed by atoms with Crippen LogP contribution in [0.15, 0.2) is 36.4 Å². The van der Waals surface area contributed by atoms with E-state index in [4.69, 9.17) is 22.1 Å². The van der Waals surface area contributed by atoms with Gasteiger partial charge < -0.3 is 15.8 Å². The van der Waals surface area contributed by atoms with Crippen molar-refractivity contribution in [3.8, 4) is 5.75 Å². The van der Waals surface area contributed by atoms with E-state index in [1.54, 1.807) is 12.1 Å². The zero-order valence-corrected chi connectivity index (χ0v) is 11.4. The van der Waals surface area contributed by atoms with Crippen molar-refractivity contribution >= 4 is 28.9 Å². The number of rotatable bonds is 3. The summed E-state index contributed by atoms with van der Waals surface area (Å²) in [4.78, 5) is 12.0. The fraction of sp³-hybridized carbons (Fsp3) is 0.0714. The lowest BCUT2D eigenvalue weighted by molar-refractivity contribution is 0.102. The topological polar surface area (TPSA) is 64.3 Å². The Hall–Kier alpha value is -2.27. The first-order chi connectivity index (χ1) is 9.51. The summed E-state index contributed by atoms with van der Waals surface area (Å²) >= 11 is 5.57. The fourth-order valence-corrected chi connectivity index (χ4v) is 1.77. The van der Waals surface area contributed by atoms with Crippen molar-refractivity contribution in [1.29, 1.82) is 0 Å². The normalized spacial score (nSPS) is 10.2. The maximum atomic E-state index is 13.3. The summed E-state index contributed by atoms with van der Waals surface area (Å²) in [5.41, 5.74) is 6.73. The van der Waals surface area contributed by atoms with E-state index >= 15 is 0 Å². The lowest BCUT2D eigenvalue weighted by atomic mass is 10.1. The van der Waals surface area contributed by atoms with Crippen LogP contribution in [0.5, 0.6) is 5.75 Å². The van der Waals surface area contributed by atoms with Crippen molar-refractivity contribution in [2.75, 3.05) is 18.2 Å². The summed E-state index contributed by atoms with van der Waals surface area (Å²) in [7, 11) is 1.49. The summed E-state index contributed by atoms with van der Waals surface area (Å²) in [6.45, 7) is 0. The zero-order chi connectivity index (χ0) is 14.7. The first-order valence-corrected chi connectivity index (χ1v) is 6.09. The van der Waals surface area contributed by atoms with Crippen LogP contribution in [0.2, 0.25) is 5.02 Å². The van der Waals surface area contributed by atoms with Crippen LogP contribution >= 0.6 is 11.6 Å². The summed E-state index contributed by atoms with van der Waals surface area (Å²) in [6.07, 6.45) is 0. The van der Waals surface area contributed by atoms with Crippen LogP contribution in [0, 0.1) is 5.82 Å². The number of nitrogen functional groups attached to an aromatic ring is 1. The molecule has 0 saturated heterocycles. The monoisotopic (exact) mass is 294 g/mol. The van der Waals surface area contributed by atoms with Gasteiger partial charge >= 0.3 is 0 Å². The highest BCUT2D eigenvalue weighted by molar-refractivity contribution is 6.30. The molecule has 0 unspecified atom stereocenters. The molecule has 4 nitrogen and oxygen atoms in total. The molecule has 0 bridgehead atoms. The predicted molar refractivity (Wildman–Crippen MR) is 76.8 cm³/mol. The van der Waals surface area contributed by atoms with Crippen molar-refractivity contribution < 1.29 is 13.9 Å². The number of hydrogen-bond acceptors (Lipinski definition) is 3. The largest absolute Gasteiger partial charge is 0.495 e. The number of anilines is 2. The average Bonchev–Trinajstić information content (AvgIpc) is 2.42. The summed E-state index contributed by atoms with van der Waals surface area (Å²) in [5.74, 6) is -0.515. The third-order valence-electron chi connectivity index (χ3n) is 2.67. The minimum Gasteiger partial charge on any atom is -0.495 e. The highest BCUT2D eigenvalue weighted by Crippen LogP contribution is 2.23. The Morgan fingerprint density at radius 1 is 1.30 bits per heavy atom. The van der Waals surface area contributed by atoms with Gasteiger partial charge in [-0.15, -0.1) is 0 Å². The molecule has 0 radical (unpaired) electrons. The van der Waals surface area contributed by atoms with Crippen molar-refractivity contribution in [2.45, 2.75) is 0 Å². The van der Waals surface area contributed by atoms with E-state index in [0.29, 0.717) is 22.7 Å². The van der Waals surface area contributed by atoms with E-state index < -0.39 is 11.7 Å². The molecule has 6 heteroatoms. The number of halogens is 2. The van der Waals surface area contributed by atoms with E-state index in [9.17, 15) is 9.18 Å². The number of nitrogens with one attached hydrogen (secondary N) is 1. The molecule has 20 heavy (non-hydrogen) atoms. The average molecular weight is 295 g/mol. The summed E-state index contributed by atoms with van der Waals surface area (Å²) in [6, 6.07) is 8.67. The molecule has 0 atom stereocenters. The van der Waals surface area contributed by atoms with E-state index in [2.05, 4.69) is 5.32 Å². The number of amides is 1. The van der Waals surface area contributed by atoms with Crippen LogP contribution in [-0.2, 0) is 0 Å². The van der Waals surface area contributed by atoms with Gasteiger partial charge in [0.2, 0.25) is 0 Å². The third kappa shape index (κ3) is 3.00. The van der Waals surface area contributed by atoms with Gasteiger partial charge in [-0.05, 0) is 36.4 Å². The quantitative estimate of drug-likeness (QED) is 0.854. The molecule has 2 aromatic rings. The van der Waals surface area contributed by atoms with Crippen LogP contribution in [0.1, 0.15) is 10.4 Å². The number of carbonyl (C=O) groups excluding carboxylic acids is 1. The molecular formula is C14H12ClFN2O2. The smallest absolute Gasteiger partial charge is 0.255 e. The lowest BCUT2D eigenvalue weighted by Crippen LogP contribution is -2.12. The van der Waals surface area contributed by atoms with Gasteiger partial charge in [0.25, 0.3) is 5.91 Å². The number of carbonyl (C=O) groups is 1. The second-order valence-corrected chi connectivity index (χ2v) is 4.45. The molecule has 0 heterocycles. The first-order valence-electron chi connectivity index (χ1n) is 5.71. The zero-order valence-electron chi connectivity index (χ0n) is 10.6. The molecule has 0 spiro atoms. The maximum Gasteiger partial charge on any atom is 0.255 e. The minimum atomic E-state index is -0.598. The second kappa shape index (κ2) is 5.79. The van der Waals surface area contributed by atoms with Crippen LogP contribution in [-0.4, -0.2) is 13.0 Å². The van der Waals surface area contributed by atoms with Crippen LogP contribution in [0.25, 0.3) is 0 Å². The fourth-order valence-electron chi connectivity index (χ4n) is 1.65. The Morgan fingerprint density at radius 2 is 2.05 bits per heavy atom. The molecule has 0 aliphatic rings. The van der Waals surface area contributed by atoms with E-state index in [0.717, 1.165) is 6.07 Å². The molecule has 1 amide bonds. The molecule has 2 rings (SSSR count). The molecule has 0 aliphatic carbocycles. The molecule has 3 N–H and O–H groups in total. The van der Waals surface area contributed by atoms with Crippen molar-refractivity contribution in [3.05, 3.63) is 52.8 Å². The van der Waals surface area contributed by atoms with Gasteiger partial charge in [-0.1, -0.05) is 11.6 Å². The van der Waals surface area contributed by atoms with Crippen LogP contribution in [0.3, 0.4) is 0 Å². The van der Waals surface area contributed by atoms with Gasteiger partial charge in [-0.3, -0.25) is 4.79 Å². The van der Waals surface area contributed by atoms with Gasteiger partial charge in [0.15, 0.2) is 0 Å². The summed E-state index contributed by atoms with van der Waals surface area (Å²) < 4.78 is 18.3. The van der Waals surface area contributed by atoms with Gasteiger partial charge in [-0.2, -0.15) is 0 Å². The Labute approximate surface area is 120 Å². The molecule has 0 fully saturated rings. The van der Waals surface area contributed by atoms with Crippen LogP contribution < -0.4 is 15.8 Å². The SMILES string of the molecule is COc1ccc(C(=O)Nc2ccc(Cl)c(F)c2)cc1N. The number of benzene rings is 2. The molecule has 2 aromatic carbocycles. The number of nitrogens with two attached hydrogens (primary N) is 1. The van der Waals surface area contributed by atoms with E-state index in [1.807, 2.05) is 0 Å². The predicted octanol–water partition coefficient (Wildman–Crippen LogP) is 3.32. The second-order valence-electron chi connectivity index (χ2n) is 4.04. The van der Waals surface area contributed by atoms with Gasteiger partial charge in [0.1, 0.15) is 11.6 Å². The molecule has 0 aliphatic heterocycles. The van der Waals surface area contributed by atoms with Crippen molar-refractivity contribution in [1.82, 2.24) is 0 Å². The van der Waals surface area contributed by atoms with Crippen LogP contribution in [0.4, 0.5) is 15.8 Å². The Morgan fingerprint density at radius 3 is 2.65 bits per heavy atom. The molecule has 104 valence electrons.